The van der Waals surface area contributed by atoms with Gasteiger partial charge >= 0.3 is 5.63 Å². The van der Waals surface area contributed by atoms with Gasteiger partial charge in [-0.05, 0) is 24.3 Å². The zero-order valence-electron chi connectivity index (χ0n) is 12.3. The van der Waals surface area contributed by atoms with E-state index in [4.69, 9.17) is 4.42 Å². The summed E-state index contributed by atoms with van der Waals surface area (Å²) in [6.45, 7) is 5.85. The molecule has 0 aliphatic carbocycles. The van der Waals surface area contributed by atoms with Gasteiger partial charge in [0.2, 0.25) is 0 Å². The predicted octanol–water partition coefficient (Wildman–Crippen LogP) is 2.91. The van der Waals surface area contributed by atoms with E-state index in [0.29, 0.717) is 28.2 Å². The second-order valence-corrected chi connectivity index (χ2v) is 6.14. The van der Waals surface area contributed by atoms with Crippen molar-refractivity contribution in [3.63, 3.8) is 0 Å². The Hall–Kier alpha value is -2.10. The molecule has 1 amide bonds. The van der Waals surface area contributed by atoms with Gasteiger partial charge < -0.3 is 9.32 Å². The molecular formula is C17H19NO3. The summed E-state index contributed by atoms with van der Waals surface area (Å²) in [7, 11) is 0. The summed E-state index contributed by atoms with van der Waals surface area (Å²) >= 11 is 0. The van der Waals surface area contributed by atoms with Crippen LogP contribution in [0.3, 0.4) is 0 Å². The standard InChI is InChI=1S/C17H19NO3/c1-11-7-12(2)9-18(8-11)16(19)15-10-21-17(20)14-6-4-3-5-13(14)15/h3-6,10-12H,7-9H2,1-2H3/t11-,12-/m0/s1. The molecule has 0 unspecified atom stereocenters. The van der Waals surface area contributed by atoms with Gasteiger partial charge in [-0.25, -0.2) is 4.79 Å². The van der Waals surface area contributed by atoms with E-state index in [9.17, 15) is 9.59 Å². The van der Waals surface area contributed by atoms with Gasteiger partial charge in [0.05, 0.1) is 10.9 Å². The minimum Gasteiger partial charge on any atom is -0.430 e. The second-order valence-electron chi connectivity index (χ2n) is 6.14. The van der Waals surface area contributed by atoms with Crippen LogP contribution in [0.25, 0.3) is 10.8 Å². The molecule has 4 heteroatoms. The van der Waals surface area contributed by atoms with E-state index < -0.39 is 5.63 Å². The van der Waals surface area contributed by atoms with Gasteiger partial charge in [0, 0.05) is 18.5 Å². The number of rotatable bonds is 1. The van der Waals surface area contributed by atoms with E-state index in [1.165, 1.54) is 6.26 Å². The maximum absolute atomic E-state index is 12.8. The molecule has 0 saturated carbocycles. The molecule has 1 aromatic carbocycles. The van der Waals surface area contributed by atoms with Crippen LogP contribution in [0.15, 0.2) is 39.7 Å². The van der Waals surface area contributed by atoms with Gasteiger partial charge in [-0.15, -0.1) is 0 Å². The monoisotopic (exact) mass is 285 g/mol. The molecule has 110 valence electrons. The Bertz CT molecular complexity index is 724. The number of nitrogens with zero attached hydrogens (tertiary/aromatic N) is 1. The van der Waals surface area contributed by atoms with Gasteiger partial charge in [0.1, 0.15) is 6.26 Å². The zero-order valence-corrected chi connectivity index (χ0v) is 12.3. The molecule has 1 aliphatic heterocycles. The van der Waals surface area contributed by atoms with Crippen LogP contribution in [0.2, 0.25) is 0 Å². The van der Waals surface area contributed by atoms with Crippen molar-refractivity contribution in [1.82, 2.24) is 4.90 Å². The minimum absolute atomic E-state index is 0.0478. The van der Waals surface area contributed by atoms with Crippen molar-refractivity contribution >= 4 is 16.7 Å². The van der Waals surface area contributed by atoms with Crippen molar-refractivity contribution < 1.29 is 9.21 Å². The molecule has 1 fully saturated rings. The highest BCUT2D eigenvalue weighted by molar-refractivity contribution is 6.06. The van der Waals surface area contributed by atoms with E-state index in [-0.39, 0.29) is 5.91 Å². The number of amides is 1. The molecule has 1 aliphatic rings. The molecule has 3 rings (SSSR count). The fourth-order valence-corrected chi connectivity index (χ4v) is 3.30. The molecule has 0 radical (unpaired) electrons. The lowest BCUT2D eigenvalue weighted by atomic mass is 9.91. The lowest BCUT2D eigenvalue weighted by molar-refractivity contribution is 0.0622. The van der Waals surface area contributed by atoms with Crippen LogP contribution in [0, 0.1) is 11.8 Å². The summed E-state index contributed by atoms with van der Waals surface area (Å²) in [4.78, 5) is 26.4. The third kappa shape index (κ3) is 2.58. The van der Waals surface area contributed by atoms with Crippen LogP contribution in [0.1, 0.15) is 30.6 Å². The Morgan fingerprint density at radius 1 is 1.14 bits per heavy atom. The Morgan fingerprint density at radius 3 is 2.43 bits per heavy atom. The number of hydrogen-bond donors (Lipinski definition) is 0. The summed E-state index contributed by atoms with van der Waals surface area (Å²) in [5, 5.41) is 1.13. The largest absolute Gasteiger partial charge is 0.430 e. The first-order chi connectivity index (χ1) is 10.1. The van der Waals surface area contributed by atoms with Crippen LogP contribution >= 0.6 is 0 Å². The number of piperidine rings is 1. The van der Waals surface area contributed by atoms with Crippen molar-refractivity contribution in [2.24, 2.45) is 11.8 Å². The van der Waals surface area contributed by atoms with Crippen LogP contribution < -0.4 is 5.63 Å². The molecule has 0 spiro atoms. The average Bonchev–Trinajstić information content (AvgIpc) is 2.46. The Kier molecular flexibility index (Phi) is 3.53. The van der Waals surface area contributed by atoms with Crippen molar-refractivity contribution in [3.05, 3.63) is 46.5 Å². The zero-order chi connectivity index (χ0) is 15.0. The second kappa shape index (κ2) is 5.35. The molecule has 0 bridgehead atoms. The summed E-state index contributed by atoms with van der Waals surface area (Å²) in [6.07, 6.45) is 2.45. The van der Waals surface area contributed by atoms with Crippen molar-refractivity contribution in [3.8, 4) is 0 Å². The molecule has 2 atom stereocenters. The predicted molar refractivity (Wildman–Crippen MR) is 81.3 cm³/mol. The SMILES string of the molecule is C[C@H]1C[C@H](C)CN(C(=O)c2coc(=O)c3ccccc23)C1. The first-order valence-corrected chi connectivity index (χ1v) is 7.36. The van der Waals surface area contributed by atoms with E-state index >= 15 is 0 Å². The number of likely N-dealkylation sites (tertiary alicyclic amines) is 1. The summed E-state index contributed by atoms with van der Waals surface area (Å²) in [5.74, 6) is 0.952. The highest BCUT2D eigenvalue weighted by atomic mass is 16.4. The summed E-state index contributed by atoms with van der Waals surface area (Å²) in [6, 6.07) is 7.11. The molecular weight excluding hydrogens is 266 g/mol. The molecule has 21 heavy (non-hydrogen) atoms. The Morgan fingerprint density at radius 2 is 1.76 bits per heavy atom. The molecule has 1 aromatic heterocycles. The fraction of sp³-hybridized carbons (Fsp3) is 0.412. The Labute approximate surface area is 123 Å². The highest BCUT2D eigenvalue weighted by Gasteiger charge is 2.27. The van der Waals surface area contributed by atoms with Crippen molar-refractivity contribution in [1.29, 1.82) is 0 Å². The van der Waals surface area contributed by atoms with Gasteiger partial charge in [-0.3, -0.25) is 4.79 Å². The van der Waals surface area contributed by atoms with E-state index in [1.54, 1.807) is 18.2 Å². The number of hydrogen-bond acceptors (Lipinski definition) is 3. The highest BCUT2D eigenvalue weighted by Crippen LogP contribution is 2.24. The van der Waals surface area contributed by atoms with E-state index in [1.807, 2.05) is 11.0 Å². The lowest BCUT2D eigenvalue weighted by Crippen LogP contribution is -2.42. The molecule has 2 heterocycles. The number of fused-ring (bicyclic) bond motifs is 1. The van der Waals surface area contributed by atoms with E-state index in [0.717, 1.165) is 19.5 Å². The number of carbonyl (C=O) groups is 1. The minimum atomic E-state index is -0.400. The average molecular weight is 285 g/mol. The summed E-state index contributed by atoms with van der Waals surface area (Å²) in [5.41, 5.74) is 0.0778. The quantitative estimate of drug-likeness (QED) is 0.809. The van der Waals surface area contributed by atoms with Crippen LogP contribution in [-0.2, 0) is 0 Å². The van der Waals surface area contributed by atoms with Crippen molar-refractivity contribution in [2.75, 3.05) is 13.1 Å². The molecule has 1 saturated heterocycles. The van der Waals surface area contributed by atoms with Gasteiger partial charge in [-0.1, -0.05) is 32.0 Å². The first kappa shape index (κ1) is 13.9. The van der Waals surface area contributed by atoms with Gasteiger partial charge in [-0.2, -0.15) is 0 Å². The third-order valence-electron chi connectivity index (χ3n) is 4.11. The number of carbonyl (C=O) groups excluding carboxylic acids is 1. The van der Waals surface area contributed by atoms with Crippen molar-refractivity contribution in [2.45, 2.75) is 20.3 Å². The lowest BCUT2D eigenvalue weighted by Gasteiger charge is -2.35. The van der Waals surface area contributed by atoms with Crippen LogP contribution in [0.4, 0.5) is 0 Å². The molecule has 2 aromatic rings. The smallest absolute Gasteiger partial charge is 0.343 e. The topological polar surface area (TPSA) is 50.5 Å². The number of benzene rings is 1. The maximum Gasteiger partial charge on any atom is 0.343 e. The van der Waals surface area contributed by atoms with Crippen LogP contribution in [0.5, 0.6) is 0 Å². The van der Waals surface area contributed by atoms with Gasteiger partial charge in [0.15, 0.2) is 0 Å². The molecule has 0 N–H and O–H groups in total. The first-order valence-electron chi connectivity index (χ1n) is 7.36. The van der Waals surface area contributed by atoms with Gasteiger partial charge in [0.25, 0.3) is 5.91 Å². The third-order valence-corrected chi connectivity index (χ3v) is 4.11. The molecule has 4 nitrogen and oxygen atoms in total. The summed E-state index contributed by atoms with van der Waals surface area (Å²) < 4.78 is 5.03. The maximum atomic E-state index is 12.8. The van der Waals surface area contributed by atoms with E-state index in [2.05, 4.69) is 13.8 Å². The fourth-order valence-electron chi connectivity index (χ4n) is 3.30. The normalized spacial score (nSPS) is 22.5. The Balaban J connectivity index is 2.02. The van der Waals surface area contributed by atoms with Crippen LogP contribution in [-0.4, -0.2) is 23.9 Å².